The number of likely N-dealkylation sites (tertiary alicyclic amines) is 1. The van der Waals surface area contributed by atoms with Gasteiger partial charge in [0.25, 0.3) is 5.91 Å². The SMILES string of the molecule is CCC1CCCCN1C(=O)c1cccc(-c2cc(-c3ccc(O)c(C)c3)[nH]c(=O)n2)c1. The zero-order valence-corrected chi connectivity index (χ0v) is 17.9. The fourth-order valence-corrected chi connectivity index (χ4v) is 4.25. The third-order valence-electron chi connectivity index (χ3n) is 6.02. The van der Waals surface area contributed by atoms with Crippen LogP contribution < -0.4 is 5.69 Å². The summed E-state index contributed by atoms with van der Waals surface area (Å²) in [7, 11) is 0. The highest BCUT2D eigenvalue weighted by Gasteiger charge is 2.26. The van der Waals surface area contributed by atoms with Crippen LogP contribution in [0, 0.1) is 6.92 Å². The Morgan fingerprint density at radius 3 is 2.77 bits per heavy atom. The second-order valence-electron chi connectivity index (χ2n) is 8.12. The topological polar surface area (TPSA) is 86.3 Å². The minimum absolute atomic E-state index is 0.0348. The van der Waals surface area contributed by atoms with Crippen LogP contribution in [0.15, 0.2) is 53.3 Å². The second kappa shape index (κ2) is 8.76. The molecule has 0 saturated carbocycles. The van der Waals surface area contributed by atoms with Gasteiger partial charge in [-0.2, -0.15) is 4.98 Å². The molecule has 0 radical (unpaired) electrons. The van der Waals surface area contributed by atoms with Crippen molar-refractivity contribution in [2.75, 3.05) is 6.54 Å². The molecule has 0 bridgehead atoms. The highest BCUT2D eigenvalue weighted by atomic mass is 16.3. The maximum absolute atomic E-state index is 13.2. The van der Waals surface area contributed by atoms with Crippen molar-refractivity contribution in [3.05, 3.63) is 70.1 Å². The van der Waals surface area contributed by atoms with Crippen molar-refractivity contribution in [3.63, 3.8) is 0 Å². The Morgan fingerprint density at radius 2 is 2.00 bits per heavy atom. The maximum Gasteiger partial charge on any atom is 0.345 e. The van der Waals surface area contributed by atoms with Crippen LogP contribution in [0.3, 0.4) is 0 Å². The summed E-state index contributed by atoms with van der Waals surface area (Å²) in [6, 6.07) is 14.6. The van der Waals surface area contributed by atoms with E-state index >= 15 is 0 Å². The standard InChI is InChI=1S/C25H27N3O3/c1-3-20-9-4-5-12-28(20)24(30)19-8-6-7-17(14-19)21-15-22(27-25(31)26-21)18-10-11-23(29)16(2)13-18/h6-8,10-11,13-15,20,29H,3-5,9,12H2,1-2H3,(H,26,27,31). The van der Waals surface area contributed by atoms with Gasteiger partial charge < -0.3 is 15.0 Å². The molecule has 31 heavy (non-hydrogen) atoms. The van der Waals surface area contributed by atoms with E-state index in [-0.39, 0.29) is 17.7 Å². The van der Waals surface area contributed by atoms with Crippen LogP contribution in [-0.2, 0) is 0 Å². The van der Waals surface area contributed by atoms with Crippen LogP contribution >= 0.6 is 0 Å². The Kier molecular flexibility index (Phi) is 5.89. The van der Waals surface area contributed by atoms with Gasteiger partial charge in [0.05, 0.1) is 11.4 Å². The van der Waals surface area contributed by atoms with Crippen molar-refractivity contribution in [3.8, 4) is 28.3 Å². The Morgan fingerprint density at radius 1 is 1.16 bits per heavy atom. The van der Waals surface area contributed by atoms with Gasteiger partial charge in [-0.25, -0.2) is 4.79 Å². The number of amides is 1. The summed E-state index contributed by atoms with van der Waals surface area (Å²) in [6.45, 7) is 4.72. The van der Waals surface area contributed by atoms with Crippen molar-refractivity contribution in [1.82, 2.24) is 14.9 Å². The number of hydrogen-bond acceptors (Lipinski definition) is 4. The molecule has 1 atom stereocenters. The zero-order valence-electron chi connectivity index (χ0n) is 17.9. The first-order chi connectivity index (χ1) is 15.0. The number of H-pyrrole nitrogens is 1. The summed E-state index contributed by atoms with van der Waals surface area (Å²) in [4.78, 5) is 34.3. The van der Waals surface area contributed by atoms with Gasteiger partial charge in [0, 0.05) is 23.7 Å². The molecule has 1 saturated heterocycles. The Balaban J connectivity index is 1.69. The first-order valence-corrected chi connectivity index (χ1v) is 10.8. The predicted octanol–water partition coefficient (Wildman–Crippen LogP) is 4.52. The fourth-order valence-electron chi connectivity index (χ4n) is 4.25. The molecule has 1 fully saturated rings. The first kappa shape index (κ1) is 20.8. The fraction of sp³-hybridized carbons (Fsp3) is 0.320. The molecular weight excluding hydrogens is 390 g/mol. The van der Waals surface area contributed by atoms with Crippen LogP contribution in [0.25, 0.3) is 22.5 Å². The number of carbonyl (C=O) groups excluding carboxylic acids is 1. The van der Waals surface area contributed by atoms with E-state index in [1.807, 2.05) is 35.2 Å². The van der Waals surface area contributed by atoms with Crippen LogP contribution in [0.1, 0.15) is 48.5 Å². The van der Waals surface area contributed by atoms with Crippen LogP contribution in [-0.4, -0.2) is 38.5 Å². The quantitative estimate of drug-likeness (QED) is 0.653. The third-order valence-corrected chi connectivity index (χ3v) is 6.02. The van der Waals surface area contributed by atoms with Gasteiger partial charge >= 0.3 is 5.69 Å². The molecule has 1 unspecified atom stereocenters. The van der Waals surface area contributed by atoms with Crippen LogP contribution in [0.4, 0.5) is 0 Å². The van der Waals surface area contributed by atoms with E-state index in [1.165, 1.54) is 6.42 Å². The molecule has 2 aromatic carbocycles. The van der Waals surface area contributed by atoms with Crippen molar-refractivity contribution in [2.45, 2.75) is 45.6 Å². The molecular formula is C25H27N3O3. The van der Waals surface area contributed by atoms with Crippen molar-refractivity contribution >= 4 is 5.91 Å². The van der Waals surface area contributed by atoms with E-state index in [4.69, 9.17) is 0 Å². The van der Waals surface area contributed by atoms with Crippen LogP contribution in [0.2, 0.25) is 0 Å². The average Bonchev–Trinajstić information content (AvgIpc) is 2.80. The minimum atomic E-state index is -0.461. The lowest BCUT2D eigenvalue weighted by molar-refractivity contribution is 0.0608. The lowest BCUT2D eigenvalue weighted by Gasteiger charge is -2.35. The summed E-state index contributed by atoms with van der Waals surface area (Å²) in [5.41, 5.74) is 3.48. The number of phenols is 1. The number of aromatic amines is 1. The molecule has 6 nitrogen and oxygen atoms in total. The normalized spacial score (nSPS) is 16.3. The molecule has 0 spiro atoms. The molecule has 2 heterocycles. The number of aryl methyl sites for hydroxylation is 1. The number of nitrogens with zero attached hydrogens (tertiary/aromatic N) is 2. The van der Waals surface area contributed by atoms with Gasteiger partial charge in [-0.1, -0.05) is 19.1 Å². The van der Waals surface area contributed by atoms with E-state index in [2.05, 4.69) is 16.9 Å². The molecule has 4 rings (SSSR count). The van der Waals surface area contributed by atoms with Crippen molar-refractivity contribution in [1.29, 1.82) is 0 Å². The number of carbonyl (C=O) groups is 1. The molecule has 160 valence electrons. The summed E-state index contributed by atoms with van der Waals surface area (Å²) in [5.74, 6) is 0.238. The Hall–Kier alpha value is -3.41. The number of aromatic nitrogens is 2. The van der Waals surface area contributed by atoms with E-state index in [9.17, 15) is 14.7 Å². The number of benzene rings is 2. The highest BCUT2D eigenvalue weighted by molar-refractivity contribution is 5.95. The molecule has 3 aromatic rings. The van der Waals surface area contributed by atoms with E-state index < -0.39 is 5.69 Å². The predicted molar refractivity (Wildman–Crippen MR) is 121 cm³/mol. The molecule has 1 aliphatic rings. The largest absolute Gasteiger partial charge is 0.508 e. The molecule has 1 aliphatic heterocycles. The smallest absolute Gasteiger partial charge is 0.345 e. The highest BCUT2D eigenvalue weighted by Crippen LogP contribution is 2.27. The summed E-state index contributed by atoms with van der Waals surface area (Å²) in [6.07, 6.45) is 4.20. The van der Waals surface area contributed by atoms with Gasteiger partial charge in [0.1, 0.15) is 5.75 Å². The summed E-state index contributed by atoms with van der Waals surface area (Å²) in [5, 5.41) is 9.78. The van der Waals surface area contributed by atoms with E-state index in [1.54, 1.807) is 25.1 Å². The van der Waals surface area contributed by atoms with E-state index in [0.717, 1.165) is 42.5 Å². The zero-order chi connectivity index (χ0) is 22.0. The van der Waals surface area contributed by atoms with E-state index in [0.29, 0.717) is 17.0 Å². The Bertz CT molecular complexity index is 1170. The number of aromatic hydroxyl groups is 1. The maximum atomic E-state index is 13.2. The summed E-state index contributed by atoms with van der Waals surface area (Å²) < 4.78 is 0. The number of rotatable bonds is 4. The number of piperidine rings is 1. The van der Waals surface area contributed by atoms with Gasteiger partial charge in [0.2, 0.25) is 0 Å². The van der Waals surface area contributed by atoms with Gasteiger partial charge in [-0.05, 0) is 80.1 Å². The lowest BCUT2D eigenvalue weighted by atomic mass is 9.98. The lowest BCUT2D eigenvalue weighted by Crippen LogP contribution is -2.43. The van der Waals surface area contributed by atoms with Crippen LogP contribution in [0.5, 0.6) is 5.75 Å². The Labute approximate surface area is 181 Å². The van der Waals surface area contributed by atoms with Gasteiger partial charge in [0.15, 0.2) is 0 Å². The first-order valence-electron chi connectivity index (χ1n) is 10.8. The number of nitrogens with one attached hydrogen (secondary N) is 1. The van der Waals surface area contributed by atoms with Gasteiger partial charge in [-0.3, -0.25) is 4.79 Å². The molecule has 0 aliphatic carbocycles. The number of hydrogen-bond donors (Lipinski definition) is 2. The van der Waals surface area contributed by atoms with Crippen molar-refractivity contribution < 1.29 is 9.90 Å². The van der Waals surface area contributed by atoms with Gasteiger partial charge in [-0.15, -0.1) is 0 Å². The third kappa shape index (κ3) is 4.38. The minimum Gasteiger partial charge on any atom is -0.508 e. The average molecular weight is 418 g/mol. The van der Waals surface area contributed by atoms with Crippen molar-refractivity contribution in [2.24, 2.45) is 0 Å². The molecule has 1 amide bonds. The monoisotopic (exact) mass is 417 g/mol. The second-order valence-corrected chi connectivity index (χ2v) is 8.12. The number of phenolic OH excluding ortho intramolecular Hbond substituents is 1. The molecule has 2 N–H and O–H groups in total. The molecule has 1 aromatic heterocycles. The summed E-state index contributed by atoms with van der Waals surface area (Å²) >= 11 is 0. The molecule has 6 heteroatoms.